The Hall–Kier alpha value is -5.19. The molecule has 0 spiro atoms. The molecule has 5 rings (SSSR count). The maximum atomic E-state index is 14.9. The van der Waals surface area contributed by atoms with Crippen LogP contribution in [0.5, 0.6) is 0 Å². The highest BCUT2D eigenvalue weighted by Gasteiger charge is 2.39. The van der Waals surface area contributed by atoms with Gasteiger partial charge in [0.05, 0.1) is 13.3 Å². The maximum Gasteiger partial charge on any atom is 0.325 e. The number of nitrogens with one attached hydrogen (secondary N) is 2. The number of hydrogen-bond acceptors (Lipinski definition) is 7. The number of aromatic nitrogens is 3. The number of rotatable bonds is 18. The molecule has 0 saturated carbocycles. The van der Waals surface area contributed by atoms with Crippen molar-refractivity contribution in [2.75, 3.05) is 7.11 Å². The lowest BCUT2D eigenvalue weighted by Crippen LogP contribution is -2.47. The zero-order valence-corrected chi connectivity index (χ0v) is 29.5. The second kappa shape index (κ2) is 17.6. The fourth-order valence-electron chi connectivity index (χ4n) is 6.00. The van der Waals surface area contributed by atoms with Gasteiger partial charge >= 0.3 is 5.97 Å². The van der Waals surface area contributed by atoms with Gasteiger partial charge in [-0.25, -0.2) is 9.87 Å². The van der Waals surface area contributed by atoms with Crippen LogP contribution in [0.3, 0.4) is 0 Å². The molecule has 0 atom stereocenters. The number of esters is 1. The van der Waals surface area contributed by atoms with Gasteiger partial charge in [0.1, 0.15) is 17.1 Å². The number of unbranched alkanes of at least 4 members (excludes halogenated alkanes) is 4. The van der Waals surface area contributed by atoms with Crippen LogP contribution in [0.4, 0.5) is 4.39 Å². The van der Waals surface area contributed by atoms with Gasteiger partial charge in [-0.05, 0) is 49.4 Å². The van der Waals surface area contributed by atoms with E-state index in [1.807, 2.05) is 97.2 Å². The molecule has 0 radical (unpaired) electrons. The Bertz CT molecular complexity index is 1750. The van der Waals surface area contributed by atoms with Crippen molar-refractivity contribution in [3.8, 4) is 11.3 Å². The molecule has 5 aromatic rings. The smallest absolute Gasteiger partial charge is 0.325 e. The molecule has 0 bridgehead atoms. The van der Waals surface area contributed by atoms with Crippen LogP contribution in [0.1, 0.15) is 74.6 Å². The van der Waals surface area contributed by atoms with Gasteiger partial charge in [0.2, 0.25) is 5.91 Å². The number of ether oxygens (including phenoxy) is 1. The maximum absolute atomic E-state index is 14.9. The minimum absolute atomic E-state index is 0.164. The number of hydroxylamine groups is 1. The number of aryl methyl sites for hydroxylation is 1. The first-order valence-electron chi connectivity index (χ1n) is 17.4. The summed E-state index contributed by atoms with van der Waals surface area (Å²) in [6, 6.07) is 34.7. The van der Waals surface area contributed by atoms with E-state index >= 15 is 0 Å². The SMILES string of the molecule is COC(=O)C(C)(C)NCc1ccc(-c2cn(CCCCCCCC(=O)NOC(c3ccccc3)(c3ccccc3)c3ccccc3)nn2)cc1F. The lowest BCUT2D eigenvalue weighted by atomic mass is 9.80. The number of carbonyl (C=O) groups excluding carboxylic acids is 2. The summed E-state index contributed by atoms with van der Waals surface area (Å²) in [5, 5.41) is 11.5. The fourth-order valence-corrected chi connectivity index (χ4v) is 6.00. The molecule has 0 saturated heterocycles. The van der Waals surface area contributed by atoms with Crippen molar-refractivity contribution >= 4 is 11.9 Å². The van der Waals surface area contributed by atoms with Crippen molar-refractivity contribution in [3.05, 3.63) is 143 Å². The molecule has 4 aromatic carbocycles. The molecule has 0 unspecified atom stereocenters. The highest BCUT2D eigenvalue weighted by atomic mass is 19.1. The quantitative estimate of drug-likeness (QED) is 0.0424. The van der Waals surface area contributed by atoms with Crippen LogP contribution in [0, 0.1) is 5.82 Å². The molecule has 0 aliphatic carbocycles. The molecule has 0 aliphatic rings. The minimum Gasteiger partial charge on any atom is -0.468 e. The minimum atomic E-state index is -1.01. The number of nitrogens with zero attached hydrogens (tertiary/aromatic N) is 3. The Kier molecular flexibility index (Phi) is 12.8. The molecule has 1 heterocycles. The third-order valence-corrected chi connectivity index (χ3v) is 8.95. The molecule has 0 fully saturated rings. The second-order valence-electron chi connectivity index (χ2n) is 13.1. The van der Waals surface area contributed by atoms with Gasteiger partial charge < -0.3 is 4.74 Å². The number of carbonyl (C=O) groups is 2. The van der Waals surface area contributed by atoms with E-state index in [-0.39, 0.29) is 12.5 Å². The van der Waals surface area contributed by atoms with Crippen molar-refractivity contribution in [1.29, 1.82) is 0 Å². The van der Waals surface area contributed by atoms with E-state index in [9.17, 15) is 14.0 Å². The molecular formula is C41H46FN5O4. The second-order valence-corrected chi connectivity index (χ2v) is 13.1. The number of hydrogen-bond donors (Lipinski definition) is 2. The summed E-state index contributed by atoms with van der Waals surface area (Å²) in [6.07, 6.45) is 6.69. The fraction of sp³-hybridized carbons (Fsp3) is 0.317. The van der Waals surface area contributed by atoms with Crippen LogP contribution in [-0.4, -0.2) is 39.5 Å². The standard InChI is InChI=1S/C41H46FN5O4/c1-40(2,39(49)50-3)43-29-32-26-25-31(28-36(32)42)37-30-47(46-44-37)27-17-6-4-5-16-24-38(48)45-51-41(33-18-10-7-11-19-33,34-20-12-8-13-21-34)35-22-14-9-15-23-35/h7-15,18-23,25-26,28,30,43H,4-6,16-17,24,27,29H2,1-3H3,(H,45,48). The van der Waals surface area contributed by atoms with E-state index in [4.69, 9.17) is 9.57 Å². The topological polar surface area (TPSA) is 107 Å². The highest BCUT2D eigenvalue weighted by Crippen LogP contribution is 2.39. The molecule has 0 aliphatic heterocycles. The van der Waals surface area contributed by atoms with E-state index < -0.39 is 22.9 Å². The molecular weight excluding hydrogens is 645 g/mol. The van der Waals surface area contributed by atoms with Crippen molar-refractivity contribution in [2.45, 2.75) is 76.6 Å². The Morgan fingerprint density at radius 1 is 0.784 bits per heavy atom. The van der Waals surface area contributed by atoms with Crippen LogP contribution in [-0.2, 0) is 37.9 Å². The predicted molar refractivity (Wildman–Crippen MR) is 194 cm³/mol. The molecule has 9 nitrogen and oxygen atoms in total. The number of benzene rings is 4. The van der Waals surface area contributed by atoms with E-state index in [0.29, 0.717) is 29.8 Å². The summed E-state index contributed by atoms with van der Waals surface area (Å²) in [6.45, 7) is 4.24. The van der Waals surface area contributed by atoms with Crippen LogP contribution in [0.2, 0.25) is 0 Å². The predicted octanol–water partition coefficient (Wildman–Crippen LogP) is 7.51. The van der Waals surface area contributed by atoms with E-state index in [1.165, 1.54) is 13.2 Å². The highest BCUT2D eigenvalue weighted by molar-refractivity contribution is 5.79. The first-order chi connectivity index (χ1) is 24.7. The molecule has 2 N–H and O–H groups in total. The number of halogens is 1. The zero-order valence-electron chi connectivity index (χ0n) is 29.5. The average Bonchev–Trinajstić information content (AvgIpc) is 3.64. The number of amides is 1. The van der Waals surface area contributed by atoms with Gasteiger partial charge in [-0.3, -0.25) is 24.4 Å². The van der Waals surface area contributed by atoms with Gasteiger partial charge in [0, 0.05) is 30.6 Å². The summed E-state index contributed by atoms with van der Waals surface area (Å²) in [5.74, 6) is -0.972. The van der Waals surface area contributed by atoms with Crippen molar-refractivity contribution in [1.82, 2.24) is 25.8 Å². The Labute approximate surface area is 299 Å². The summed E-state index contributed by atoms with van der Waals surface area (Å²) in [5.41, 5.74) is 5.23. The van der Waals surface area contributed by atoms with E-state index in [1.54, 1.807) is 30.7 Å². The van der Waals surface area contributed by atoms with Crippen molar-refractivity contribution in [3.63, 3.8) is 0 Å². The molecule has 1 amide bonds. The largest absolute Gasteiger partial charge is 0.468 e. The van der Waals surface area contributed by atoms with Crippen molar-refractivity contribution < 1.29 is 23.6 Å². The third-order valence-electron chi connectivity index (χ3n) is 8.95. The van der Waals surface area contributed by atoms with Gasteiger partial charge in [-0.15, -0.1) is 5.10 Å². The normalized spacial score (nSPS) is 11.7. The van der Waals surface area contributed by atoms with Crippen LogP contribution < -0.4 is 10.8 Å². The Morgan fingerprint density at radius 2 is 1.35 bits per heavy atom. The van der Waals surface area contributed by atoms with Crippen molar-refractivity contribution in [2.24, 2.45) is 0 Å². The van der Waals surface area contributed by atoms with Crippen LogP contribution in [0.15, 0.2) is 115 Å². The Balaban J connectivity index is 1.06. The lowest BCUT2D eigenvalue weighted by Gasteiger charge is -2.35. The lowest BCUT2D eigenvalue weighted by molar-refractivity contribution is -0.147. The molecule has 1 aromatic heterocycles. The van der Waals surface area contributed by atoms with Gasteiger partial charge in [-0.1, -0.05) is 128 Å². The summed E-state index contributed by atoms with van der Waals surface area (Å²) < 4.78 is 21.4. The molecule has 51 heavy (non-hydrogen) atoms. The van der Waals surface area contributed by atoms with Gasteiger partial charge in [-0.2, -0.15) is 0 Å². The monoisotopic (exact) mass is 691 g/mol. The van der Waals surface area contributed by atoms with E-state index in [2.05, 4.69) is 21.1 Å². The third kappa shape index (κ3) is 9.53. The average molecular weight is 692 g/mol. The summed E-state index contributed by atoms with van der Waals surface area (Å²) in [4.78, 5) is 31.3. The Morgan fingerprint density at radius 3 is 1.92 bits per heavy atom. The van der Waals surface area contributed by atoms with Crippen LogP contribution in [0.25, 0.3) is 11.3 Å². The summed E-state index contributed by atoms with van der Waals surface area (Å²) in [7, 11) is 1.32. The number of methoxy groups -OCH3 is 1. The zero-order chi connectivity index (χ0) is 36.1. The first-order valence-corrected chi connectivity index (χ1v) is 17.4. The summed E-state index contributed by atoms with van der Waals surface area (Å²) >= 11 is 0. The molecule has 10 heteroatoms. The van der Waals surface area contributed by atoms with E-state index in [0.717, 1.165) is 48.8 Å². The first kappa shape index (κ1) is 37.1. The van der Waals surface area contributed by atoms with Crippen LogP contribution >= 0.6 is 0 Å². The molecule has 266 valence electrons. The van der Waals surface area contributed by atoms with Gasteiger partial charge in [0.25, 0.3) is 0 Å². The van der Waals surface area contributed by atoms with Gasteiger partial charge in [0.15, 0.2) is 5.60 Å².